The van der Waals surface area contributed by atoms with E-state index >= 15 is 0 Å². The summed E-state index contributed by atoms with van der Waals surface area (Å²) in [5.74, 6) is -0.247. The van der Waals surface area contributed by atoms with Crippen LogP contribution < -0.4 is 4.74 Å². The molecule has 6 nitrogen and oxygen atoms in total. The van der Waals surface area contributed by atoms with Gasteiger partial charge in [-0.1, -0.05) is 30.3 Å². The molecule has 2 aromatic carbocycles. The summed E-state index contributed by atoms with van der Waals surface area (Å²) in [6, 6.07) is 16.2. The molecule has 0 aromatic heterocycles. The fourth-order valence-corrected chi connectivity index (χ4v) is 2.48. The van der Waals surface area contributed by atoms with Crippen LogP contribution in [-0.2, 0) is 9.53 Å². The number of hydrazone groups is 1. The second-order valence-electron chi connectivity index (χ2n) is 5.48. The number of esters is 1. The van der Waals surface area contributed by atoms with Crippen LogP contribution in [-0.4, -0.2) is 42.9 Å². The molecule has 0 saturated carbocycles. The van der Waals surface area contributed by atoms with Crippen LogP contribution in [0.15, 0.2) is 59.7 Å². The molecular formula is C19H18N2O4. The molecule has 1 aliphatic rings. The van der Waals surface area contributed by atoms with Gasteiger partial charge in [0.05, 0.1) is 24.9 Å². The number of hydrogen-bond donors (Lipinski definition) is 0. The molecule has 0 saturated heterocycles. The molecule has 1 amide bonds. The molecule has 0 atom stereocenters. The van der Waals surface area contributed by atoms with E-state index in [1.807, 2.05) is 30.3 Å². The fraction of sp³-hybridized carbons (Fsp3) is 0.211. The molecule has 1 aliphatic heterocycles. The average Bonchev–Trinajstić information content (AvgIpc) is 3.17. The van der Waals surface area contributed by atoms with Crippen LogP contribution in [0.4, 0.5) is 0 Å². The molecule has 1 heterocycles. The van der Waals surface area contributed by atoms with Crippen LogP contribution in [0.5, 0.6) is 5.75 Å². The highest BCUT2D eigenvalue weighted by Gasteiger charge is 2.22. The van der Waals surface area contributed by atoms with Gasteiger partial charge in [-0.25, -0.2) is 9.80 Å². The number of methoxy groups -OCH3 is 1. The van der Waals surface area contributed by atoms with Crippen LogP contribution in [0.3, 0.4) is 0 Å². The Bertz CT molecular complexity index is 785. The quantitative estimate of drug-likeness (QED) is 0.786. The van der Waals surface area contributed by atoms with Crippen molar-refractivity contribution >= 4 is 17.6 Å². The third-order valence-electron chi connectivity index (χ3n) is 3.85. The van der Waals surface area contributed by atoms with E-state index in [-0.39, 0.29) is 12.5 Å². The van der Waals surface area contributed by atoms with Crippen LogP contribution >= 0.6 is 0 Å². The third kappa shape index (κ3) is 4.03. The first-order valence-corrected chi connectivity index (χ1v) is 7.92. The van der Waals surface area contributed by atoms with Crippen molar-refractivity contribution in [3.8, 4) is 5.75 Å². The molecule has 0 fully saturated rings. The summed E-state index contributed by atoms with van der Waals surface area (Å²) in [5, 5.41) is 5.68. The molecule has 0 spiro atoms. The number of hydrogen-bond acceptors (Lipinski definition) is 5. The largest absolute Gasteiger partial charge is 0.497 e. The predicted octanol–water partition coefficient (Wildman–Crippen LogP) is 2.49. The Balaban J connectivity index is 1.56. The summed E-state index contributed by atoms with van der Waals surface area (Å²) in [5.41, 5.74) is 2.21. The minimum Gasteiger partial charge on any atom is -0.497 e. The number of rotatable bonds is 5. The Kier molecular flexibility index (Phi) is 5.09. The Morgan fingerprint density at radius 2 is 1.80 bits per heavy atom. The van der Waals surface area contributed by atoms with E-state index in [4.69, 9.17) is 9.47 Å². The molecule has 2 aromatic rings. The van der Waals surface area contributed by atoms with E-state index in [1.165, 1.54) is 5.01 Å². The number of carbonyl (C=O) groups is 2. The van der Waals surface area contributed by atoms with Crippen molar-refractivity contribution in [2.45, 2.75) is 6.42 Å². The van der Waals surface area contributed by atoms with Gasteiger partial charge in [-0.2, -0.15) is 5.10 Å². The lowest BCUT2D eigenvalue weighted by Gasteiger charge is -2.11. The zero-order valence-corrected chi connectivity index (χ0v) is 13.8. The zero-order chi connectivity index (χ0) is 17.6. The smallest absolute Gasteiger partial charge is 0.338 e. The lowest BCUT2D eigenvalue weighted by Crippen LogP contribution is -2.28. The van der Waals surface area contributed by atoms with Gasteiger partial charge < -0.3 is 9.47 Å². The normalized spacial score (nSPS) is 13.3. The minimum atomic E-state index is -0.553. The van der Waals surface area contributed by atoms with Crippen LogP contribution in [0, 0.1) is 0 Å². The monoisotopic (exact) mass is 338 g/mol. The van der Waals surface area contributed by atoms with Gasteiger partial charge in [-0.05, 0) is 29.8 Å². The molecule has 3 rings (SSSR count). The summed E-state index contributed by atoms with van der Waals surface area (Å²) in [6.07, 6.45) is 0.683. The van der Waals surface area contributed by atoms with Crippen molar-refractivity contribution in [1.82, 2.24) is 5.01 Å². The molecule has 0 radical (unpaired) electrons. The van der Waals surface area contributed by atoms with Gasteiger partial charge in [-0.15, -0.1) is 0 Å². The van der Waals surface area contributed by atoms with Gasteiger partial charge in [0.2, 0.25) is 0 Å². The third-order valence-corrected chi connectivity index (χ3v) is 3.85. The maximum absolute atomic E-state index is 12.2. The molecular weight excluding hydrogens is 320 g/mol. The Labute approximate surface area is 145 Å². The standard InChI is InChI=1S/C19H18N2O4/c1-24-16-9-7-15(8-10-16)19(23)25-13-18(22)21-12-11-17(20-21)14-5-3-2-4-6-14/h2-10H,11-13H2,1H3. The van der Waals surface area contributed by atoms with Gasteiger partial charge in [-0.3, -0.25) is 4.79 Å². The number of nitrogens with zero attached hydrogens (tertiary/aromatic N) is 2. The number of amides is 1. The first kappa shape index (κ1) is 16.7. The highest BCUT2D eigenvalue weighted by Crippen LogP contribution is 2.15. The van der Waals surface area contributed by atoms with Gasteiger partial charge in [0.1, 0.15) is 5.75 Å². The van der Waals surface area contributed by atoms with Gasteiger partial charge in [0.25, 0.3) is 5.91 Å². The molecule has 0 N–H and O–H groups in total. The maximum atomic E-state index is 12.2. The maximum Gasteiger partial charge on any atom is 0.338 e. The molecule has 25 heavy (non-hydrogen) atoms. The average molecular weight is 338 g/mol. The summed E-state index contributed by atoms with van der Waals surface area (Å²) in [4.78, 5) is 24.2. The SMILES string of the molecule is COc1ccc(C(=O)OCC(=O)N2CCC(c3ccccc3)=N2)cc1. The first-order valence-electron chi connectivity index (χ1n) is 7.92. The van der Waals surface area contributed by atoms with Gasteiger partial charge in [0, 0.05) is 6.42 Å². The van der Waals surface area contributed by atoms with Crippen molar-refractivity contribution in [2.24, 2.45) is 5.10 Å². The van der Waals surface area contributed by atoms with Gasteiger partial charge in [0.15, 0.2) is 6.61 Å². The second kappa shape index (κ2) is 7.61. The Morgan fingerprint density at radius 3 is 2.48 bits per heavy atom. The van der Waals surface area contributed by atoms with Gasteiger partial charge >= 0.3 is 5.97 Å². The van der Waals surface area contributed by atoms with E-state index in [9.17, 15) is 9.59 Å². The van der Waals surface area contributed by atoms with Crippen molar-refractivity contribution in [2.75, 3.05) is 20.3 Å². The van der Waals surface area contributed by atoms with E-state index in [1.54, 1.807) is 31.4 Å². The van der Waals surface area contributed by atoms with E-state index in [0.717, 1.165) is 11.3 Å². The fourth-order valence-electron chi connectivity index (χ4n) is 2.48. The van der Waals surface area contributed by atoms with Crippen molar-refractivity contribution in [1.29, 1.82) is 0 Å². The predicted molar refractivity (Wildman–Crippen MR) is 92.6 cm³/mol. The Hall–Kier alpha value is -3.15. The topological polar surface area (TPSA) is 68.2 Å². The highest BCUT2D eigenvalue weighted by atomic mass is 16.5. The molecule has 0 bridgehead atoms. The molecule has 128 valence electrons. The van der Waals surface area contributed by atoms with Crippen molar-refractivity contribution in [3.63, 3.8) is 0 Å². The van der Waals surface area contributed by atoms with Crippen LogP contribution in [0.25, 0.3) is 0 Å². The summed E-state index contributed by atoms with van der Waals surface area (Å²) in [6.45, 7) is 0.152. The zero-order valence-electron chi connectivity index (χ0n) is 13.8. The minimum absolute atomic E-state index is 0.337. The molecule has 0 unspecified atom stereocenters. The van der Waals surface area contributed by atoms with E-state index < -0.39 is 5.97 Å². The highest BCUT2D eigenvalue weighted by molar-refractivity contribution is 6.02. The van der Waals surface area contributed by atoms with Crippen molar-refractivity contribution in [3.05, 3.63) is 65.7 Å². The summed E-state index contributed by atoms with van der Waals surface area (Å²) >= 11 is 0. The molecule has 6 heteroatoms. The summed E-state index contributed by atoms with van der Waals surface area (Å²) in [7, 11) is 1.55. The van der Waals surface area contributed by atoms with E-state index in [2.05, 4.69) is 5.10 Å². The summed E-state index contributed by atoms with van der Waals surface area (Å²) < 4.78 is 10.1. The van der Waals surface area contributed by atoms with Crippen LogP contribution in [0.2, 0.25) is 0 Å². The first-order chi connectivity index (χ1) is 12.2. The molecule has 0 aliphatic carbocycles. The second-order valence-corrected chi connectivity index (χ2v) is 5.48. The van der Waals surface area contributed by atoms with Crippen LogP contribution in [0.1, 0.15) is 22.3 Å². The number of benzene rings is 2. The lowest BCUT2D eigenvalue weighted by molar-refractivity contribution is -0.134. The van der Waals surface area contributed by atoms with Crippen molar-refractivity contribution < 1.29 is 19.1 Å². The Morgan fingerprint density at radius 1 is 1.08 bits per heavy atom. The number of ether oxygens (including phenoxy) is 2. The van der Waals surface area contributed by atoms with E-state index in [0.29, 0.717) is 24.3 Å². The lowest BCUT2D eigenvalue weighted by atomic mass is 10.1. The number of carbonyl (C=O) groups excluding carboxylic acids is 2.